The zero-order chi connectivity index (χ0) is 12.5. The summed E-state index contributed by atoms with van der Waals surface area (Å²) in [5, 5.41) is 0. The van der Waals surface area contributed by atoms with Gasteiger partial charge >= 0.3 is 0 Å². The van der Waals surface area contributed by atoms with Crippen molar-refractivity contribution in [3.05, 3.63) is 65.2 Å². The summed E-state index contributed by atoms with van der Waals surface area (Å²) >= 11 is 0. The number of nitrogens with two attached hydrogens (primary N) is 1. The molecule has 0 saturated carbocycles. The van der Waals surface area contributed by atoms with E-state index in [2.05, 4.69) is 29.2 Å². The number of benzene rings is 1. The second-order valence-corrected chi connectivity index (χ2v) is 4.88. The van der Waals surface area contributed by atoms with E-state index in [4.69, 9.17) is 5.73 Å². The van der Waals surface area contributed by atoms with Crippen molar-refractivity contribution in [1.82, 2.24) is 4.98 Å². The molecule has 1 heterocycles. The molecule has 0 saturated heterocycles. The summed E-state index contributed by atoms with van der Waals surface area (Å²) in [5.74, 6) is 0.177. The van der Waals surface area contributed by atoms with Crippen LogP contribution in [0.1, 0.15) is 35.1 Å². The van der Waals surface area contributed by atoms with E-state index in [0.29, 0.717) is 5.92 Å². The number of aromatic nitrogens is 1. The summed E-state index contributed by atoms with van der Waals surface area (Å²) < 4.78 is 13.1. The molecule has 1 aliphatic carbocycles. The molecule has 3 rings (SSSR count). The maximum absolute atomic E-state index is 13.1. The highest BCUT2D eigenvalue weighted by Crippen LogP contribution is 2.39. The molecule has 1 aliphatic rings. The molecule has 0 amide bonds. The summed E-state index contributed by atoms with van der Waals surface area (Å²) in [6, 6.07) is 9.75. The molecule has 0 bridgehead atoms. The predicted molar refractivity (Wildman–Crippen MR) is 68.6 cm³/mol. The first-order valence-electron chi connectivity index (χ1n) is 6.18. The molecule has 0 radical (unpaired) electrons. The minimum absolute atomic E-state index is 0.147. The van der Waals surface area contributed by atoms with Crippen molar-refractivity contribution >= 4 is 0 Å². The molecular formula is C15H15FN2. The maximum Gasteiger partial charge on any atom is 0.141 e. The van der Waals surface area contributed by atoms with Gasteiger partial charge in [0.05, 0.1) is 6.20 Å². The van der Waals surface area contributed by atoms with Gasteiger partial charge in [0.15, 0.2) is 0 Å². The van der Waals surface area contributed by atoms with Crippen molar-refractivity contribution in [3.63, 3.8) is 0 Å². The van der Waals surface area contributed by atoms with Crippen LogP contribution >= 0.6 is 0 Å². The van der Waals surface area contributed by atoms with Crippen LogP contribution in [0, 0.1) is 5.82 Å². The lowest BCUT2D eigenvalue weighted by molar-refractivity contribution is 0.495. The Bertz CT molecular complexity index is 568. The van der Waals surface area contributed by atoms with Gasteiger partial charge in [0.1, 0.15) is 5.82 Å². The number of rotatable bonds is 3. The third kappa shape index (κ3) is 2.02. The van der Waals surface area contributed by atoms with Crippen molar-refractivity contribution in [1.29, 1.82) is 0 Å². The minimum atomic E-state index is -0.322. The molecule has 2 N–H and O–H groups in total. The normalized spacial score (nSPS) is 18.9. The third-order valence-electron chi connectivity index (χ3n) is 3.65. The van der Waals surface area contributed by atoms with Crippen LogP contribution in [0.15, 0.2) is 42.7 Å². The zero-order valence-corrected chi connectivity index (χ0v) is 10.0. The maximum atomic E-state index is 13.1. The quantitative estimate of drug-likeness (QED) is 0.898. The summed E-state index contributed by atoms with van der Waals surface area (Å²) in [6.07, 6.45) is 4.78. The van der Waals surface area contributed by atoms with Crippen LogP contribution in [-0.2, 0) is 6.42 Å². The third-order valence-corrected chi connectivity index (χ3v) is 3.65. The molecule has 0 spiro atoms. The van der Waals surface area contributed by atoms with Gasteiger partial charge in [-0.3, -0.25) is 4.98 Å². The highest BCUT2D eigenvalue weighted by molar-refractivity contribution is 5.40. The lowest BCUT2D eigenvalue weighted by atomic mass is 9.74. The fourth-order valence-electron chi connectivity index (χ4n) is 2.65. The predicted octanol–water partition coefficient (Wildman–Crippen LogP) is 2.95. The molecule has 1 aromatic carbocycles. The zero-order valence-electron chi connectivity index (χ0n) is 10.0. The van der Waals surface area contributed by atoms with Gasteiger partial charge in [0, 0.05) is 12.2 Å². The van der Waals surface area contributed by atoms with E-state index in [0.717, 1.165) is 18.4 Å². The van der Waals surface area contributed by atoms with E-state index >= 15 is 0 Å². The highest BCUT2D eigenvalue weighted by Gasteiger charge is 2.27. The first-order chi connectivity index (χ1) is 8.74. The Kier molecular flexibility index (Phi) is 2.84. The molecule has 3 heteroatoms. The summed E-state index contributed by atoms with van der Waals surface area (Å²) in [6.45, 7) is 0. The average molecular weight is 242 g/mol. The van der Waals surface area contributed by atoms with E-state index in [1.807, 2.05) is 0 Å². The molecule has 2 aromatic rings. The van der Waals surface area contributed by atoms with Gasteiger partial charge in [-0.1, -0.05) is 24.3 Å². The Morgan fingerprint density at radius 2 is 2.17 bits per heavy atom. The average Bonchev–Trinajstić information content (AvgIpc) is 2.36. The Labute approximate surface area is 106 Å². The number of fused-ring (bicyclic) bond motifs is 1. The minimum Gasteiger partial charge on any atom is -0.324 e. The fourth-order valence-corrected chi connectivity index (χ4v) is 2.65. The lowest BCUT2D eigenvalue weighted by Gasteiger charge is -2.32. The fraction of sp³-hybridized carbons (Fsp3) is 0.267. The summed E-state index contributed by atoms with van der Waals surface area (Å²) in [5.41, 5.74) is 9.70. The Balaban J connectivity index is 1.72. The second-order valence-electron chi connectivity index (χ2n) is 4.88. The second kappa shape index (κ2) is 4.50. The van der Waals surface area contributed by atoms with Crippen molar-refractivity contribution in [2.45, 2.75) is 24.8 Å². The van der Waals surface area contributed by atoms with Crippen molar-refractivity contribution < 1.29 is 4.39 Å². The van der Waals surface area contributed by atoms with E-state index in [9.17, 15) is 4.39 Å². The van der Waals surface area contributed by atoms with Gasteiger partial charge in [-0.15, -0.1) is 0 Å². The SMILES string of the molecule is NC(CC1Cc2ccccc21)c1cncc(F)c1. The van der Waals surface area contributed by atoms with Crippen molar-refractivity contribution in [3.8, 4) is 0 Å². The molecule has 18 heavy (non-hydrogen) atoms. The van der Waals surface area contributed by atoms with Gasteiger partial charge in [0.25, 0.3) is 0 Å². The van der Waals surface area contributed by atoms with Crippen LogP contribution in [0.2, 0.25) is 0 Å². The van der Waals surface area contributed by atoms with Gasteiger partial charge in [-0.2, -0.15) is 0 Å². The molecule has 2 nitrogen and oxygen atoms in total. The van der Waals surface area contributed by atoms with E-state index in [1.165, 1.54) is 23.4 Å². The number of halogens is 1. The Morgan fingerprint density at radius 1 is 1.33 bits per heavy atom. The van der Waals surface area contributed by atoms with Crippen LogP contribution < -0.4 is 5.73 Å². The van der Waals surface area contributed by atoms with Crippen LogP contribution in [0.3, 0.4) is 0 Å². The number of nitrogens with zero attached hydrogens (tertiary/aromatic N) is 1. The van der Waals surface area contributed by atoms with Crippen LogP contribution in [0.25, 0.3) is 0 Å². The smallest absolute Gasteiger partial charge is 0.141 e. The monoisotopic (exact) mass is 242 g/mol. The molecule has 1 aromatic heterocycles. The standard InChI is InChI=1S/C15H15FN2/c16-13-6-12(8-18-9-13)15(17)7-11-5-10-3-1-2-4-14(10)11/h1-4,6,8-9,11,15H,5,7,17H2. The van der Waals surface area contributed by atoms with Gasteiger partial charge < -0.3 is 5.73 Å². The first kappa shape index (κ1) is 11.4. The van der Waals surface area contributed by atoms with Gasteiger partial charge in [-0.05, 0) is 41.5 Å². The van der Waals surface area contributed by atoms with Crippen molar-refractivity contribution in [2.24, 2.45) is 5.73 Å². The molecule has 0 fully saturated rings. The van der Waals surface area contributed by atoms with Crippen molar-refractivity contribution in [2.75, 3.05) is 0 Å². The van der Waals surface area contributed by atoms with E-state index < -0.39 is 0 Å². The van der Waals surface area contributed by atoms with Crippen LogP contribution in [-0.4, -0.2) is 4.98 Å². The van der Waals surface area contributed by atoms with Gasteiger partial charge in [-0.25, -0.2) is 4.39 Å². The molecule has 0 aliphatic heterocycles. The summed E-state index contributed by atoms with van der Waals surface area (Å²) in [4.78, 5) is 3.85. The van der Waals surface area contributed by atoms with E-state index in [1.54, 1.807) is 6.20 Å². The highest BCUT2D eigenvalue weighted by atomic mass is 19.1. The molecule has 2 atom stereocenters. The molecule has 92 valence electrons. The number of pyridine rings is 1. The van der Waals surface area contributed by atoms with E-state index in [-0.39, 0.29) is 11.9 Å². The summed E-state index contributed by atoms with van der Waals surface area (Å²) in [7, 11) is 0. The van der Waals surface area contributed by atoms with Gasteiger partial charge in [0.2, 0.25) is 0 Å². The Hall–Kier alpha value is -1.74. The first-order valence-corrected chi connectivity index (χ1v) is 6.18. The topological polar surface area (TPSA) is 38.9 Å². The Morgan fingerprint density at radius 3 is 2.94 bits per heavy atom. The van der Waals surface area contributed by atoms with Crippen LogP contribution in [0.4, 0.5) is 4.39 Å². The van der Waals surface area contributed by atoms with Crippen LogP contribution in [0.5, 0.6) is 0 Å². The molecule has 2 unspecified atom stereocenters. The largest absolute Gasteiger partial charge is 0.324 e. The number of hydrogen-bond donors (Lipinski definition) is 1. The number of hydrogen-bond acceptors (Lipinski definition) is 2. The molecular weight excluding hydrogens is 227 g/mol. The lowest BCUT2D eigenvalue weighted by Crippen LogP contribution is -2.22.